The Morgan fingerprint density at radius 2 is 2.10 bits per heavy atom. The minimum atomic E-state index is 0.00153. The lowest BCUT2D eigenvalue weighted by atomic mass is 9.97. The first-order valence-corrected chi connectivity index (χ1v) is 7.67. The molecule has 1 amide bonds. The molecule has 5 nitrogen and oxygen atoms in total. The molecule has 5 heteroatoms. The van der Waals surface area contributed by atoms with Crippen LogP contribution < -0.4 is 5.32 Å². The largest absolute Gasteiger partial charge is 0.349 e. The van der Waals surface area contributed by atoms with Crippen molar-refractivity contribution in [3.05, 3.63) is 30.1 Å². The number of rotatable bonds is 2. The molecule has 3 heterocycles. The van der Waals surface area contributed by atoms with Gasteiger partial charge >= 0.3 is 0 Å². The minimum absolute atomic E-state index is 0.00153. The maximum Gasteiger partial charge on any atom is 0.253 e. The topological polar surface area (TPSA) is 61.0 Å². The fraction of sp³-hybridized carbons (Fsp3) is 0.500. The molecule has 2 saturated heterocycles. The molecule has 4 rings (SSSR count). The summed E-state index contributed by atoms with van der Waals surface area (Å²) in [7, 11) is 2.21. The van der Waals surface area contributed by atoms with Gasteiger partial charge in [-0.25, -0.2) is 4.98 Å². The van der Waals surface area contributed by atoms with Crippen LogP contribution in [0, 0.1) is 0 Å². The van der Waals surface area contributed by atoms with Crippen LogP contribution >= 0.6 is 0 Å². The summed E-state index contributed by atoms with van der Waals surface area (Å²) < 4.78 is 0. The molecule has 2 aliphatic rings. The van der Waals surface area contributed by atoms with Crippen molar-refractivity contribution in [3.63, 3.8) is 0 Å². The van der Waals surface area contributed by atoms with Gasteiger partial charge in [-0.1, -0.05) is 6.07 Å². The van der Waals surface area contributed by atoms with E-state index in [4.69, 9.17) is 0 Å². The second-order valence-corrected chi connectivity index (χ2v) is 6.30. The summed E-state index contributed by atoms with van der Waals surface area (Å²) in [5.41, 5.74) is 2.33. The van der Waals surface area contributed by atoms with Gasteiger partial charge in [0.05, 0.1) is 17.4 Å². The molecule has 3 atom stereocenters. The van der Waals surface area contributed by atoms with Crippen LogP contribution in [0.3, 0.4) is 0 Å². The van der Waals surface area contributed by atoms with Crippen LogP contribution in [-0.2, 0) is 0 Å². The van der Waals surface area contributed by atoms with Crippen molar-refractivity contribution in [3.8, 4) is 0 Å². The van der Waals surface area contributed by atoms with Gasteiger partial charge in [-0.3, -0.25) is 4.79 Å². The van der Waals surface area contributed by atoms with Gasteiger partial charge in [0.1, 0.15) is 5.52 Å². The quantitative estimate of drug-likeness (QED) is 0.885. The first kappa shape index (κ1) is 12.8. The third kappa shape index (κ3) is 2.12. The van der Waals surface area contributed by atoms with E-state index < -0.39 is 0 Å². The van der Waals surface area contributed by atoms with Crippen LogP contribution in [0.5, 0.6) is 0 Å². The maximum atomic E-state index is 12.6. The van der Waals surface area contributed by atoms with Crippen LogP contribution in [0.1, 0.15) is 36.0 Å². The molecule has 2 N–H and O–H groups in total. The number of carbonyl (C=O) groups excluding carboxylic acids is 1. The number of para-hydroxylation sites is 1. The van der Waals surface area contributed by atoms with E-state index in [9.17, 15) is 4.79 Å². The Kier molecular flexibility index (Phi) is 2.96. The number of carbonyl (C=O) groups is 1. The first-order valence-electron chi connectivity index (χ1n) is 7.67. The number of hydrogen-bond acceptors (Lipinski definition) is 3. The van der Waals surface area contributed by atoms with Gasteiger partial charge in [-0.2, -0.15) is 0 Å². The van der Waals surface area contributed by atoms with Crippen molar-refractivity contribution in [2.45, 2.75) is 43.8 Å². The molecule has 0 saturated carbocycles. The van der Waals surface area contributed by atoms with Gasteiger partial charge in [0.15, 0.2) is 0 Å². The highest BCUT2D eigenvalue weighted by atomic mass is 16.1. The lowest BCUT2D eigenvalue weighted by Gasteiger charge is -2.36. The summed E-state index contributed by atoms with van der Waals surface area (Å²) in [4.78, 5) is 22.4. The van der Waals surface area contributed by atoms with Crippen LogP contribution in [0.15, 0.2) is 24.5 Å². The number of nitrogens with zero attached hydrogens (tertiary/aromatic N) is 2. The molecule has 0 radical (unpaired) electrons. The zero-order valence-electron chi connectivity index (χ0n) is 12.2. The van der Waals surface area contributed by atoms with Crippen LogP contribution in [0.4, 0.5) is 0 Å². The van der Waals surface area contributed by atoms with E-state index in [0.717, 1.165) is 23.9 Å². The average Bonchev–Trinajstić information content (AvgIpc) is 3.01. The number of hydrogen-bond donors (Lipinski definition) is 2. The number of amides is 1. The average molecular weight is 284 g/mol. The number of nitrogens with one attached hydrogen (secondary N) is 2. The number of aromatic nitrogens is 2. The van der Waals surface area contributed by atoms with E-state index in [1.807, 2.05) is 18.2 Å². The Morgan fingerprint density at radius 1 is 1.33 bits per heavy atom. The summed E-state index contributed by atoms with van der Waals surface area (Å²) in [5, 5.41) is 3.22. The van der Waals surface area contributed by atoms with E-state index in [0.29, 0.717) is 23.7 Å². The number of imidazole rings is 1. The predicted octanol–water partition coefficient (Wildman–Crippen LogP) is 1.92. The van der Waals surface area contributed by atoms with Crippen molar-refractivity contribution in [1.82, 2.24) is 20.2 Å². The van der Waals surface area contributed by atoms with Gasteiger partial charge in [0.25, 0.3) is 5.91 Å². The van der Waals surface area contributed by atoms with Gasteiger partial charge in [0.2, 0.25) is 0 Å². The molecule has 110 valence electrons. The molecule has 0 aliphatic carbocycles. The number of fused-ring (bicyclic) bond motifs is 3. The second-order valence-electron chi connectivity index (χ2n) is 6.30. The standard InChI is InChI=1S/C16H20N4O/c1-20-11-5-6-12(20)8-10(7-11)19-16(21)13-3-2-4-14-15(13)18-9-17-14/h2-4,9-12H,5-8H2,1H3,(H,17,18)(H,19,21)/t10?,11-,12+. The lowest BCUT2D eigenvalue weighted by Crippen LogP contribution is -2.48. The molecular formula is C16H20N4O. The zero-order chi connectivity index (χ0) is 14.4. The highest BCUT2D eigenvalue weighted by molar-refractivity contribution is 6.04. The van der Waals surface area contributed by atoms with E-state index in [1.165, 1.54) is 12.8 Å². The fourth-order valence-corrected chi connectivity index (χ4v) is 3.94. The highest BCUT2D eigenvalue weighted by Crippen LogP contribution is 2.34. The van der Waals surface area contributed by atoms with Crippen molar-refractivity contribution in [2.24, 2.45) is 0 Å². The minimum Gasteiger partial charge on any atom is -0.349 e. The Balaban J connectivity index is 1.53. The fourth-order valence-electron chi connectivity index (χ4n) is 3.94. The monoisotopic (exact) mass is 284 g/mol. The van der Waals surface area contributed by atoms with Crippen molar-refractivity contribution < 1.29 is 4.79 Å². The SMILES string of the molecule is CN1[C@@H]2CC[C@H]1CC(NC(=O)c1cccc3[nH]cnc13)C2. The molecule has 2 bridgehead atoms. The predicted molar refractivity (Wildman–Crippen MR) is 81.2 cm³/mol. The number of H-pyrrole nitrogens is 1. The van der Waals surface area contributed by atoms with E-state index >= 15 is 0 Å². The normalized spacial score (nSPS) is 28.9. The summed E-state index contributed by atoms with van der Waals surface area (Å²) in [5.74, 6) is 0.00153. The molecule has 2 aromatic rings. The summed E-state index contributed by atoms with van der Waals surface area (Å²) >= 11 is 0. The maximum absolute atomic E-state index is 12.6. The van der Waals surface area contributed by atoms with Gasteiger partial charge in [-0.15, -0.1) is 0 Å². The Bertz CT molecular complexity index is 666. The van der Waals surface area contributed by atoms with Crippen LogP contribution in [-0.4, -0.2) is 45.9 Å². The first-order chi connectivity index (χ1) is 10.2. The van der Waals surface area contributed by atoms with Gasteiger partial charge in [-0.05, 0) is 44.9 Å². The summed E-state index contributed by atoms with van der Waals surface area (Å²) in [6.07, 6.45) is 6.30. The molecule has 2 aliphatic heterocycles. The molecular weight excluding hydrogens is 264 g/mol. The second kappa shape index (κ2) is 4.84. The van der Waals surface area contributed by atoms with Crippen molar-refractivity contribution in [2.75, 3.05) is 7.05 Å². The summed E-state index contributed by atoms with van der Waals surface area (Å²) in [6, 6.07) is 7.25. The Morgan fingerprint density at radius 3 is 2.86 bits per heavy atom. The van der Waals surface area contributed by atoms with Crippen LogP contribution in [0.25, 0.3) is 11.0 Å². The molecule has 21 heavy (non-hydrogen) atoms. The van der Waals surface area contributed by atoms with Gasteiger partial charge in [0, 0.05) is 18.1 Å². The Hall–Kier alpha value is -1.88. The zero-order valence-corrected chi connectivity index (χ0v) is 12.2. The summed E-state index contributed by atoms with van der Waals surface area (Å²) in [6.45, 7) is 0. The van der Waals surface area contributed by atoms with E-state index in [2.05, 4.69) is 27.2 Å². The molecule has 2 fully saturated rings. The smallest absolute Gasteiger partial charge is 0.253 e. The molecule has 1 unspecified atom stereocenters. The number of aromatic amines is 1. The third-order valence-electron chi connectivity index (χ3n) is 5.13. The van der Waals surface area contributed by atoms with Gasteiger partial charge < -0.3 is 15.2 Å². The van der Waals surface area contributed by atoms with Crippen molar-refractivity contribution >= 4 is 16.9 Å². The molecule has 0 spiro atoms. The molecule has 1 aromatic heterocycles. The van der Waals surface area contributed by atoms with E-state index in [-0.39, 0.29) is 5.91 Å². The lowest BCUT2D eigenvalue weighted by molar-refractivity contribution is 0.0884. The van der Waals surface area contributed by atoms with Crippen molar-refractivity contribution in [1.29, 1.82) is 0 Å². The number of piperidine rings is 1. The van der Waals surface area contributed by atoms with E-state index in [1.54, 1.807) is 6.33 Å². The number of benzene rings is 1. The molecule has 1 aromatic carbocycles. The third-order valence-corrected chi connectivity index (χ3v) is 5.13. The van der Waals surface area contributed by atoms with Crippen LogP contribution in [0.2, 0.25) is 0 Å². The highest BCUT2D eigenvalue weighted by Gasteiger charge is 2.38. The Labute approximate surface area is 123 Å².